The third kappa shape index (κ3) is 4.11. The Morgan fingerprint density at radius 3 is 2.43 bits per heavy atom. The van der Waals surface area contributed by atoms with Crippen molar-refractivity contribution in [3.05, 3.63) is 94.3 Å². The molecule has 5 nitrogen and oxygen atoms in total. The van der Waals surface area contributed by atoms with Gasteiger partial charge >= 0.3 is 0 Å². The number of aliphatic hydroxyl groups excluding tert-OH is 1. The molecular formula is C25H24N2O3. The highest BCUT2D eigenvalue weighted by Crippen LogP contribution is 2.24. The van der Waals surface area contributed by atoms with Crippen molar-refractivity contribution >= 4 is 10.8 Å². The zero-order valence-electron chi connectivity index (χ0n) is 17.1. The van der Waals surface area contributed by atoms with E-state index in [4.69, 9.17) is 4.74 Å². The van der Waals surface area contributed by atoms with Crippen LogP contribution in [0, 0.1) is 13.8 Å². The lowest BCUT2D eigenvalue weighted by molar-refractivity contribution is 0.0879. The van der Waals surface area contributed by atoms with Crippen LogP contribution in [0.4, 0.5) is 0 Å². The average Bonchev–Trinajstić information content (AvgIpc) is 2.77. The molecule has 1 unspecified atom stereocenters. The van der Waals surface area contributed by atoms with Crippen molar-refractivity contribution in [3.63, 3.8) is 0 Å². The van der Waals surface area contributed by atoms with Crippen LogP contribution >= 0.6 is 0 Å². The molecule has 1 atom stereocenters. The van der Waals surface area contributed by atoms with E-state index >= 15 is 0 Å². The van der Waals surface area contributed by atoms with Crippen molar-refractivity contribution < 1.29 is 9.84 Å². The first kappa shape index (κ1) is 19.9. The van der Waals surface area contributed by atoms with E-state index in [0.717, 1.165) is 27.8 Å². The van der Waals surface area contributed by atoms with Crippen molar-refractivity contribution in [2.24, 2.45) is 0 Å². The number of benzene rings is 3. The van der Waals surface area contributed by atoms with Crippen LogP contribution in [0.15, 0.2) is 77.6 Å². The quantitative estimate of drug-likeness (QED) is 0.529. The number of hydrogen-bond donors (Lipinski definition) is 1. The summed E-state index contributed by atoms with van der Waals surface area (Å²) in [5.41, 5.74) is 3.50. The van der Waals surface area contributed by atoms with Crippen molar-refractivity contribution in [3.8, 4) is 17.0 Å². The molecule has 1 N–H and O–H groups in total. The Hall–Kier alpha value is -3.44. The Balaban J connectivity index is 1.63. The van der Waals surface area contributed by atoms with Crippen LogP contribution in [0.2, 0.25) is 0 Å². The molecular weight excluding hydrogens is 376 g/mol. The zero-order chi connectivity index (χ0) is 21.1. The van der Waals surface area contributed by atoms with Gasteiger partial charge in [-0.3, -0.25) is 4.79 Å². The largest absolute Gasteiger partial charge is 0.491 e. The van der Waals surface area contributed by atoms with Gasteiger partial charge in [-0.05, 0) is 37.1 Å². The van der Waals surface area contributed by atoms with E-state index in [1.807, 2.05) is 80.6 Å². The number of aliphatic hydroxyl groups is 1. The summed E-state index contributed by atoms with van der Waals surface area (Å²) in [7, 11) is 0. The average molecular weight is 400 g/mol. The van der Waals surface area contributed by atoms with Crippen molar-refractivity contribution in [2.45, 2.75) is 26.5 Å². The lowest BCUT2D eigenvalue weighted by Gasteiger charge is -2.16. The van der Waals surface area contributed by atoms with Crippen LogP contribution < -0.4 is 10.3 Å². The molecule has 30 heavy (non-hydrogen) atoms. The highest BCUT2D eigenvalue weighted by molar-refractivity contribution is 5.93. The summed E-state index contributed by atoms with van der Waals surface area (Å²) in [6, 6.07) is 23.1. The maximum absolute atomic E-state index is 13.0. The fraction of sp³-hybridized carbons (Fsp3) is 0.200. The smallest absolute Gasteiger partial charge is 0.274 e. The van der Waals surface area contributed by atoms with Crippen LogP contribution in [0.1, 0.15) is 11.1 Å². The summed E-state index contributed by atoms with van der Waals surface area (Å²) in [4.78, 5) is 13.0. The topological polar surface area (TPSA) is 64.3 Å². The molecule has 0 radical (unpaired) electrons. The Morgan fingerprint density at radius 2 is 1.67 bits per heavy atom. The summed E-state index contributed by atoms with van der Waals surface area (Å²) in [5, 5.41) is 16.5. The maximum Gasteiger partial charge on any atom is 0.274 e. The molecule has 0 aliphatic rings. The van der Waals surface area contributed by atoms with E-state index in [1.165, 1.54) is 4.68 Å². The molecule has 0 fully saturated rings. The highest BCUT2D eigenvalue weighted by Gasteiger charge is 2.15. The van der Waals surface area contributed by atoms with Crippen LogP contribution in [0.5, 0.6) is 5.75 Å². The van der Waals surface area contributed by atoms with E-state index < -0.39 is 6.10 Å². The number of aromatic nitrogens is 2. The van der Waals surface area contributed by atoms with Gasteiger partial charge in [-0.2, -0.15) is 5.10 Å². The molecule has 0 spiro atoms. The van der Waals surface area contributed by atoms with E-state index in [9.17, 15) is 9.90 Å². The number of rotatable bonds is 6. The van der Waals surface area contributed by atoms with Gasteiger partial charge in [0.2, 0.25) is 0 Å². The summed E-state index contributed by atoms with van der Waals surface area (Å²) < 4.78 is 7.14. The van der Waals surface area contributed by atoms with Crippen molar-refractivity contribution in [2.75, 3.05) is 6.61 Å². The van der Waals surface area contributed by atoms with Gasteiger partial charge in [0.05, 0.1) is 17.6 Å². The summed E-state index contributed by atoms with van der Waals surface area (Å²) in [5.74, 6) is 0.734. The molecule has 3 aromatic carbocycles. The third-order valence-electron chi connectivity index (χ3n) is 5.07. The Morgan fingerprint density at radius 1 is 0.967 bits per heavy atom. The molecule has 0 aliphatic heterocycles. The monoisotopic (exact) mass is 400 g/mol. The highest BCUT2D eigenvalue weighted by atomic mass is 16.5. The van der Waals surface area contributed by atoms with E-state index in [1.54, 1.807) is 6.07 Å². The molecule has 4 rings (SSSR count). The molecule has 0 bridgehead atoms. The van der Waals surface area contributed by atoms with Crippen LogP contribution in [0.3, 0.4) is 0 Å². The lowest BCUT2D eigenvalue weighted by Crippen LogP contribution is -2.32. The number of aryl methyl sites for hydroxylation is 2. The van der Waals surface area contributed by atoms with Gasteiger partial charge in [-0.25, -0.2) is 4.68 Å². The molecule has 0 saturated carbocycles. The Bertz CT molecular complexity index is 1230. The summed E-state index contributed by atoms with van der Waals surface area (Å²) in [6.07, 6.45) is -0.875. The molecule has 0 saturated heterocycles. The lowest BCUT2D eigenvalue weighted by atomic mass is 10.1. The van der Waals surface area contributed by atoms with Gasteiger partial charge in [0.1, 0.15) is 18.5 Å². The second-order valence-electron chi connectivity index (χ2n) is 7.48. The predicted octanol–water partition coefficient (Wildman–Crippen LogP) is 4.12. The molecule has 152 valence electrons. The minimum Gasteiger partial charge on any atom is -0.491 e. The minimum atomic E-state index is -0.875. The second-order valence-corrected chi connectivity index (χ2v) is 7.48. The van der Waals surface area contributed by atoms with E-state index in [0.29, 0.717) is 11.1 Å². The number of ether oxygens (including phenoxy) is 1. The van der Waals surface area contributed by atoms with E-state index in [2.05, 4.69) is 5.10 Å². The summed E-state index contributed by atoms with van der Waals surface area (Å²) >= 11 is 0. The third-order valence-corrected chi connectivity index (χ3v) is 5.07. The van der Waals surface area contributed by atoms with Gasteiger partial charge in [-0.15, -0.1) is 0 Å². The first-order valence-electron chi connectivity index (χ1n) is 9.96. The van der Waals surface area contributed by atoms with Crippen molar-refractivity contribution in [1.82, 2.24) is 9.78 Å². The van der Waals surface area contributed by atoms with Crippen LogP contribution in [-0.2, 0) is 6.54 Å². The first-order chi connectivity index (χ1) is 14.5. The Labute approximate surface area is 175 Å². The zero-order valence-corrected chi connectivity index (χ0v) is 17.1. The molecule has 0 amide bonds. The fourth-order valence-electron chi connectivity index (χ4n) is 3.47. The van der Waals surface area contributed by atoms with Gasteiger partial charge in [0.15, 0.2) is 0 Å². The van der Waals surface area contributed by atoms with Gasteiger partial charge in [-0.1, -0.05) is 60.7 Å². The summed E-state index contributed by atoms with van der Waals surface area (Å²) in [6.45, 7) is 4.08. The standard InChI is InChI=1S/C25H24N2O3/c1-17-12-13-18(2)23(14-17)30-16-20(28)15-27-25(29)22-11-7-6-10-21(22)24(26-27)19-8-4-3-5-9-19/h3-14,20,28H,15-16H2,1-2H3. The predicted molar refractivity (Wildman–Crippen MR) is 119 cm³/mol. The molecule has 5 heteroatoms. The molecule has 1 heterocycles. The maximum atomic E-state index is 13.0. The second kappa shape index (κ2) is 8.51. The van der Waals surface area contributed by atoms with Gasteiger partial charge < -0.3 is 9.84 Å². The normalized spacial score (nSPS) is 12.1. The molecule has 1 aromatic heterocycles. The van der Waals surface area contributed by atoms with E-state index in [-0.39, 0.29) is 18.7 Å². The minimum absolute atomic E-state index is 0.0500. The first-order valence-corrected chi connectivity index (χ1v) is 9.96. The SMILES string of the molecule is Cc1ccc(C)c(OCC(O)Cn2nc(-c3ccccc3)c3ccccc3c2=O)c1. The molecule has 4 aromatic rings. The van der Waals surface area contributed by atoms with Gasteiger partial charge in [0, 0.05) is 10.9 Å². The molecule has 0 aliphatic carbocycles. The van der Waals surface area contributed by atoms with Crippen molar-refractivity contribution in [1.29, 1.82) is 0 Å². The number of nitrogens with zero attached hydrogens (tertiary/aromatic N) is 2. The number of hydrogen-bond acceptors (Lipinski definition) is 4. The van der Waals surface area contributed by atoms with Gasteiger partial charge in [0.25, 0.3) is 5.56 Å². The number of fused-ring (bicyclic) bond motifs is 1. The van der Waals surface area contributed by atoms with Crippen LogP contribution in [-0.4, -0.2) is 27.6 Å². The Kier molecular flexibility index (Phi) is 5.63. The fourth-order valence-corrected chi connectivity index (χ4v) is 3.47. The van der Waals surface area contributed by atoms with Crippen LogP contribution in [0.25, 0.3) is 22.0 Å².